The number of esters is 1. The van der Waals surface area contributed by atoms with E-state index in [2.05, 4.69) is 5.32 Å². The van der Waals surface area contributed by atoms with Gasteiger partial charge < -0.3 is 15.0 Å². The number of carbonyl (C=O) groups excluding carboxylic acids is 3. The Labute approximate surface area is 162 Å². The van der Waals surface area contributed by atoms with Crippen molar-refractivity contribution in [2.45, 2.75) is 38.1 Å². The fourth-order valence-corrected chi connectivity index (χ4v) is 3.82. The Morgan fingerprint density at radius 2 is 2.07 bits per heavy atom. The molecule has 1 saturated heterocycles. The van der Waals surface area contributed by atoms with Gasteiger partial charge in [0.15, 0.2) is 6.61 Å². The van der Waals surface area contributed by atoms with E-state index < -0.39 is 24.4 Å². The number of hydrogen-bond donors (Lipinski definition) is 1. The molecule has 0 aromatic heterocycles. The van der Waals surface area contributed by atoms with Crippen LogP contribution >= 0.6 is 11.6 Å². The van der Waals surface area contributed by atoms with Gasteiger partial charge in [0, 0.05) is 24.7 Å². The van der Waals surface area contributed by atoms with E-state index in [1.54, 1.807) is 11.0 Å². The molecular formula is C19H20ClN3O4. The molecule has 1 aliphatic heterocycles. The summed E-state index contributed by atoms with van der Waals surface area (Å²) in [5.41, 5.74) is 0.710. The lowest BCUT2D eigenvalue weighted by Crippen LogP contribution is -2.35. The van der Waals surface area contributed by atoms with E-state index in [0.717, 1.165) is 25.7 Å². The van der Waals surface area contributed by atoms with E-state index in [0.29, 0.717) is 17.8 Å². The number of anilines is 1. The van der Waals surface area contributed by atoms with E-state index in [4.69, 9.17) is 21.6 Å². The predicted molar refractivity (Wildman–Crippen MR) is 97.8 cm³/mol. The van der Waals surface area contributed by atoms with Crippen molar-refractivity contribution >= 4 is 35.1 Å². The van der Waals surface area contributed by atoms with Gasteiger partial charge in [0.1, 0.15) is 6.07 Å². The van der Waals surface area contributed by atoms with Gasteiger partial charge in [-0.2, -0.15) is 5.26 Å². The van der Waals surface area contributed by atoms with E-state index in [-0.39, 0.29) is 23.4 Å². The summed E-state index contributed by atoms with van der Waals surface area (Å²) < 4.78 is 5.08. The van der Waals surface area contributed by atoms with Crippen LogP contribution in [-0.4, -0.2) is 41.9 Å². The second kappa shape index (κ2) is 8.40. The first-order valence-electron chi connectivity index (χ1n) is 8.93. The second-order valence-corrected chi connectivity index (χ2v) is 7.25. The number of likely N-dealkylation sites (tertiary alicyclic amines) is 1. The molecule has 1 saturated carbocycles. The SMILES string of the molecule is N#Cc1ccc(NC(=O)COC(=O)[C@@H]2CC(=O)N(C3CCCC3)C2)cc1Cl. The Bertz CT molecular complexity index is 799. The zero-order valence-electron chi connectivity index (χ0n) is 14.7. The highest BCUT2D eigenvalue weighted by molar-refractivity contribution is 6.32. The van der Waals surface area contributed by atoms with Crippen molar-refractivity contribution in [3.05, 3.63) is 28.8 Å². The molecule has 27 heavy (non-hydrogen) atoms. The van der Waals surface area contributed by atoms with Crippen LogP contribution in [0.15, 0.2) is 18.2 Å². The number of carbonyl (C=O) groups is 3. The third-order valence-corrected chi connectivity index (χ3v) is 5.29. The largest absolute Gasteiger partial charge is 0.455 e. The summed E-state index contributed by atoms with van der Waals surface area (Å²) in [7, 11) is 0. The lowest BCUT2D eigenvalue weighted by molar-refractivity contribution is -0.151. The number of halogens is 1. The summed E-state index contributed by atoms with van der Waals surface area (Å²) in [6, 6.07) is 6.65. The standard InChI is InChI=1S/C19H20ClN3O4/c20-16-8-14(6-5-12(16)9-21)22-17(24)11-27-19(26)13-7-18(25)23(10-13)15-3-1-2-4-15/h5-6,8,13,15H,1-4,7,10-11H2,(H,22,24)/t13-/m1/s1. The summed E-state index contributed by atoms with van der Waals surface area (Å²) in [5, 5.41) is 11.6. The van der Waals surface area contributed by atoms with Crippen LogP contribution in [0.4, 0.5) is 5.69 Å². The van der Waals surface area contributed by atoms with E-state index >= 15 is 0 Å². The minimum Gasteiger partial charge on any atom is -0.455 e. The van der Waals surface area contributed by atoms with Gasteiger partial charge in [0.25, 0.3) is 5.91 Å². The Balaban J connectivity index is 1.47. The van der Waals surface area contributed by atoms with E-state index in [1.807, 2.05) is 6.07 Å². The molecule has 0 spiro atoms. The maximum Gasteiger partial charge on any atom is 0.311 e. The van der Waals surface area contributed by atoms with Gasteiger partial charge in [0.2, 0.25) is 5.91 Å². The zero-order chi connectivity index (χ0) is 19.4. The molecule has 0 bridgehead atoms. The minimum atomic E-state index is -0.531. The number of benzene rings is 1. The van der Waals surface area contributed by atoms with Crippen molar-refractivity contribution < 1.29 is 19.1 Å². The highest BCUT2D eigenvalue weighted by Crippen LogP contribution is 2.29. The van der Waals surface area contributed by atoms with Crippen molar-refractivity contribution in [2.24, 2.45) is 5.92 Å². The van der Waals surface area contributed by atoms with Crippen LogP contribution in [0, 0.1) is 17.2 Å². The van der Waals surface area contributed by atoms with Crippen LogP contribution in [0.5, 0.6) is 0 Å². The monoisotopic (exact) mass is 389 g/mol. The Morgan fingerprint density at radius 3 is 2.74 bits per heavy atom. The van der Waals surface area contributed by atoms with Crippen LogP contribution in [0.1, 0.15) is 37.7 Å². The maximum absolute atomic E-state index is 12.2. The van der Waals surface area contributed by atoms with Gasteiger partial charge in [-0.1, -0.05) is 24.4 Å². The molecule has 8 heteroatoms. The average Bonchev–Trinajstić information content (AvgIpc) is 3.29. The average molecular weight is 390 g/mol. The van der Waals surface area contributed by atoms with Crippen molar-refractivity contribution in [1.29, 1.82) is 5.26 Å². The summed E-state index contributed by atoms with van der Waals surface area (Å²) in [6.07, 6.45) is 4.35. The topological polar surface area (TPSA) is 99.5 Å². The lowest BCUT2D eigenvalue weighted by Gasteiger charge is -2.23. The first kappa shape index (κ1) is 19.2. The number of hydrogen-bond acceptors (Lipinski definition) is 5. The van der Waals surface area contributed by atoms with Gasteiger partial charge in [-0.3, -0.25) is 14.4 Å². The highest BCUT2D eigenvalue weighted by atomic mass is 35.5. The molecule has 1 N–H and O–H groups in total. The van der Waals surface area contributed by atoms with Gasteiger partial charge in [-0.05, 0) is 31.0 Å². The lowest BCUT2D eigenvalue weighted by atomic mass is 10.1. The molecular weight excluding hydrogens is 370 g/mol. The summed E-state index contributed by atoms with van der Waals surface area (Å²) in [6.45, 7) is -0.0697. The molecule has 1 atom stereocenters. The molecule has 0 unspecified atom stereocenters. The van der Waals surface area contributed by atoms with Crippen LogP contribution < -0.4 is 5.32 Å². The number of nitrogens with zero attached hydrogens (tertiary/aromatic N) is 2. The fourth-order valence-electron chi connectivity index (χ4n) is 3.59. The maximum atomic E-state index is 12.2. The van der Waals surface area contributed by atoms with Crippen molar-refractivity contribution in [2.75, 3.05) is 18.5 Å². The van der Waals surface area contributed by atoms with Crippen LogP contribution in [0.3, 0.4) is 0 Å². The Kier molecular flexibility index (Phi) is 5.97. The molecule has 2 fully saturated rings. The van der Waals surface area contributed by atoms with E-state index in [1.165, 1.54) is 12.1 Å². The number of rotatable bonds is 5. The van der Waals surface area contributed by atoms with E-state index in [9.17, 15) is 14.4 Å². The van der Waals surface area contributed by atoms with Crippen LogP contribution in [0.2, 0.25) is 5.02 Å². The summed E-state index contributed by atoms with van der Waals surface area (Å²) >= 11 is 5.91. The Morgan fingerprint density at radius 1 is 1.33 bits per heavy atom. The summed E-state index contributed by atoms with van der Waals surface area (Å²) in [4.78, 5) is 38.1. The normalized spacial score (nSPS) is 19.8. The van der Waals surface area contributed by atoms with Crippen molar-refractivity contribution in [1.82, 2.24) is 4.90 Å². The summed E-state index contributed by atoms with van der Waals surface area (Å²) in [5.74, 6) is -1.58. The quantitative estimate of drug-likeness (QED) is 0.780. The number of ether oxygens (including phenoxy) is 1. The van der Waals surface area contributed by atoms with Gasteiger partial charge >= 0.3 is 5.97 Å². The molecule has 7 nitrogen and oxygen atoms in total. The first-order valence-corrected chi connectivity index (χ1v) is 9.31. The molecule has 2 aliphatic rings. The molecule has 1 aliphatic carbocycles. The number of nitriles is 1. The van der Waals surface area contributed by atoms with Gasteiger partial charge in [-0.25, -0.2) is 0 Å². The molecule has 1 aromatic rings. The van der Waals surface area contributed by atoms with Crippen molar-refractivity contribution in [3.63, 3.8) is 0 Å². The smallest absolute Gasteiger partial charge is 0.311 e. The molecule has 142 valence electrons. The first-order chi connectivity index (χ1) is 13.0. The Hall–Kier alpha value is -2.59. The molecule has 3 rings (SSSR count). The predicted octanol–water partition coefficient (Wildman–Crippen LogP) is 2.48. The molecule has 1 heterocycles. The number of nitrogens with one attached hydrogen (secondary N) is 1. The van der Waals surface area contributed by atoms with Crippen molar-refractivity contribution in [3.8, 4) is 6.07 Å². The highest BCUT2D eigenvalue weighted by Gasteiger charge is 2.39. The molecule has 2 amide bonds. The molecule has 0 radical (unpaired) electrons. The minimum absolute atomic E-state index is 0.0134. The fraction of sp³-hybridized carbons (Fsp3) is 0.474. The van der Waals surface area contributed by atoms with Gasteiger partial charge in [-0.15, -0.1) is 0 Å². The van der Waals surface area contributed by atoms with Gasteiger partial charge in [0.05, 0.1) is 16.5 Å². The van der Waals surface area contributed by atoms with Crippen LogP contribution in [0.25, 0.3) is 0 Å². The zero-order valence-corrected chi connectivity index (χ0v) is 15.5. The molecule has 1 aromatic carbocycles. The third-order valence-electron chi connectivity index (χ3n) is 4.98. The number of amides is 2. The second-order valence-electron chi connectivity index (χ2n) is 6.85. The van der Waals surface area contributed by atoms with Crippen LogP contribution in [-0.2, 0) is 19.1 Å². The third kappa shape index (κ3) is 4.58.